The van der Waals surface area contributed by atoms with Crippen LogP contribution in [0.1, 0.15) is 66.2 Å². The maximum absolute atomic E-state index is 4.31. The van der Waals surface area contributed by atoms with Crippen LogP contribution in [0, 0.1) is 0 Å². The van der Waals surface area contributed by atoms with Crippen molar-refractivity contribution in [1.29, 1.82) is 0 Å². The molecule has 0 bridgehead atoms. The summed E-state index contributed by atoms with van der Waals surface area (Å²) in [6.07, 6.45) is 7.57. The average Bonchev–Trinajstić information content (AvgIpc) is 2.50. The summed E-state index contributed by atoms with van der Waals surface area (Å²) in [5.74, 6) is 0.946. The third-order valence-corrected chi connectivity index (χ3v) is 3.94. The summed E-state index contributed by atoms with van der Waals surface area (Å²) in [4.78, 5) is 6.78. The number of unbranched alkanes of at least 4 members (excludes halogenated alkanes) is 3. The first-order valence-electron chi connectivity index (χ1n) is 8.87. The second-order valence-electron chi connectivity index (χ2n) is 5.77. The van der Waals surface area contributed by atoms with Crippen LogP contribution in [-0.4, -0.2) is 50.1 Å². The molecule has 0 fully saturated rings. The fourth-order valence-corrected chi connectivity index (χ4v) is 2.41. The maximum Gasteiger partial charge on any atom is 0.191 e. The highest BCUT2D eigenvalue weighted by atomic mass is 15.2. The topological polar surface area (TPSA) is 39.7 Å². The molecule has 0 aromatic rings. The van der Waals surface area contributed by atoms with Gasteiger partial charge in [-0.2, -0.15) is 0 Å². The average molecular weight is 299 g/mol. The van der Waals surface area contributed by atoms with Crippen molar-refractivity contribution in [3.8, 4) is 0 Å². The fourth-order valence-electron chi connectivity index (χ4n) is 2.41. The Labute approximate surface area is 132 Å². The molecule has 2 N–H and O–H groups in total. The lowest BCUT2D eigenvalue weighted by Crippen LogP contribution is -2.42. The summed E-state index contributed by atoms with van der Waals surface area (Å²) in [5, 5.41) is 6.90. The van der Waals surface area contributed by atoms with Crippen molar-refractivity contribution in [2.45, 2.75) is 72.3 Å². The van der Waals surface area contributed by atoms with E-state index >= 15 is 0 Å². The lowest BCUT2D eigenvalue weighted by atomic mass is 10.1. The first-order chi connectivity index (χ1) is 10.2. The summed E-state index contributed by atoms with van der Waals surface area (Å²) < 4.78 is 0. The molecule has 0 spiro atoms. The number of aliphatic imine (C=N–C) groups is 1. The summed E-state index contributed by atoms with van der Waals surface area (Å²) in [6.45, 7) is 13.5. The third kappa shape index (κ3) is 11.6. The Bertz CT molecular complexity index is 249. The predicted octanol–water partition coefficient (Wildman–Crippen LogP) is 3.24. The molecule has 0 aromatic carbocycles. The minimum atomic E-state index is 0.499. The second kappa shape index (κ2) is 14.2. The number of nitrogens with one attached hydrogen (secondary N) is 2. The van der Waals surface area contributed by atoms with Gasteiger partial charge >= 0.3 is 0 Å². The van der Waals surface area contributed by atoms with E-state index in [-0.39, 0.29) is 0 Å². The van der Waals surface area contributed by atoms with Gasteiger partial charge in [0.15, 0.2) is 5.96 Å². The molecule has 0 heterocycles. The Morgan fingerprint density at radius 2 is 1.76 bits per heavy atom. The van der Waals surface area contributed by atoms with Crippen LogP contribution < -0.4 is 10.6 Å². The van der Waals surface area contributed by atoms with E-state index in [2.05, 4.69) is 48.2 Å². The van der Waals surface area contributed by atoms with Gasteiger partial charge in [-0.15, -0.1) is 0 Å². The molecular weight excluding hydrogens is 260 g/mol. The number of rotatable bonds is 12. The lowest BCUT2D eigenvalue weighted by Gasteiger charge is -2.19. The van der Waals surface area contributed by atoms with Crippen LogP contribution in [0.25, 0.3) is 0 Å². The summed E-state index contributed by atoms with van der Waals surface area (Å²) in [6, 6.07) is 0.499. The van der Waals surface area contributed by atoms with Crippen LogP contribution in [-0.2, 0) is 0 Å². The maximum atomic E-state index is 4.31. The molecule has 1 unspecified atom stereocenters. The van der Waals surface area contributed by atoms with E-state index in [0.717, 1.165) is 25.6 Å². The van der Waals surface area contributed by atoms with E-state index in [1.807, 2.05) is 7.05 Å². The van der Waals surface area contributed by atoms with E-state index in [4.69, 9.17) is 0 Å². The van der Waals surface area contributed by atoms with Crippen molar-refractivity contribution in [3.63, 3.8) is 0 Å². The summed E-state index contributed by atoms with van der Waals surface area (Å²) >= 11 is 0. The predicted molar refractivity (Wildman–Crippen MR) is 95.1 cm³/mol. The normalized spacial score (nSPS) is 13.5. The highest BCUT2D eigenvalue weighted by Gasteiger charge is 2.04. The first kappa shape index (κ1) is 20.2. The highest BCUT2D eigenvalue weighted by Crippen LogP contribution is 2.02. The van der Waals surface area contributed by atoms with Gasteiger partial charge in [-0.1, -0.05) is 40.0 Å². The van der Waals surface area contributed by atoms with E-state index < -0.39 is 0 Å². The molecule has 0 aliphatic rings. The quantitative estimate of drug-likeness (QED) is 0.330. The zero-order chi connectivity index (χ0) is 15.9. The van der Waals surface area contributed by atoms with Crippen LogP contribution in [0.3, 0.4) is 0 Å². The van der Waals surface area contributed by atoms with E-state index in [0.29, 0.717) is 6.04 Å². The molecule has 4 nitrogen and oxygen atoms in total. The zero-order valence-corrected chi connectivity index (χ0v) is 15.0. The van der Waals surface area contributed by atoms with Gasteiger partial charge in [-0.05, 0) is 45.8 Å². The Hall–Kier alpha value is -0.770. The monoisotopic (exact) mass is 298 g/mol. The molecule has 0 aromatic heterocycles. The fraction of sp³-hybridized carbons (Fsp3) is 0.941. The first-order valence-corrected chi connectivity index (χ1v) is 8.87. The van der Waals surface area contributed by atoms with Crippen molar-refractivity contribution >= 4 is 5.96 Å². The van der Waals surface area contributed by atoms with Crippen molar-refractivity contribution < 1.29 is 0 Å². The standard InChI is InChI=1S/C17H38N4/c1-6-9-10-13-16(4)20-17(18-5)19-14-11-12-15-21(7-2)8-3/h16H,6-15H2,1-5H3,(H2,18,19,20). The molecule has 0 saturated carbocycles. The van der Waals surface area contributed by atoms with Crippen molar-refractivity contribution in [2.24, 2.45) is 4.99 Å². The van der Waals surface area contributed by atoms with E-state index in [9.17, 15) is 0 Å². The molecule has 1 atom stereocenters. The summed E-state index contributed by atoms with van der Waals surface area (Å²) in [7, 11) is 1.85. The summed E-state index contributed by atoms with van der Waals surface area (Å²) in [5.41, 5.74) is 0. The van der Waals surface area contributed by atoms with E-state index in [1.54, 1.807) is 0 Å². The molecule has 4 heteroatoms. The molecule has 0 aliphatic heterocycles. The molecule has 0 rings (SSSR count). The lowest BCUT2D eigenvalue weighted by molar-refractivity contribution is 0.297. The number of hydrogen-bond acceptors (Lipinski definition) is 2. The molecule has 0 radical (unpaired) electrons. The van der Waals surface area contributed by atoms with Gasteiger partial charge in [0, 0.05) is 19.6 Å². The number of guanidine groups is 1. The Morgan fingerprint density at radius 1 is 1.05 bits per heavy atom. The van der Waals surface area contributed by atoms with Gasteiger partial charge in [0.1, 0.15) is 0 Å². The molecule has 21 heavy (non-hydrogen) atoms. The van der Waals surface area contributed by atoms with Crippen LogP contribution in [0.5, 0.6) is 0 Å². The zero-order valence-electron chi connectivity index (χ0n) is 15.0. The third-order valence-electron chi connectivity index (χ3n) is 3.94. The molecule has 0 saturated heterocycles. The Kier molecular flexibility index (Phi) is 13.7. The van der Waals surface area contributed by atoms with Crippen molar-refractivity contribution in [2.75, 3.05) is 33.2 Å². The minimum Gasteiger partial charge on any atom is -0.356 e. The van der Waals surface area contributed by atoms with Crippen LogP contribution in [0.4, 0.5) is 0 Å². The second-order valence-corrected chi connectivity index (χ2v) is 5.77. The van der Waals surface area contributed by atoms with Crippen LogP contribution >= 0.6 is 0 Å². The van der Waals surface area contributed by atoms with Gasteiger partial charge in [-0.25, -0.2) is 0 Å². The van der Waals surface area contributed by atoms with Crippen molar-refractivity contribution in [1.82, 2.24) is 15.5 Å². The van der Waals surface area contributed by atoms with Crippen LogP contribution in [0.2, 0.25) is 0 Å². The molecule has 126 valence electrons. The number of hydrogen-bond donors (Lipinski definition) is 2. The number of nitrogens with zero attached hydrogens (tertiary/aromatic N) is 2. The highest BCUT2D eigenvalue weighted by molar-refractivity contribution is 5.79. The Balaban J connectivity index is 3.70. The van der Waals surface area contributed by atoms with Gasteiger partial charge in [0.2, 0.25) is 0 Å². The largest absolute Gasteiger partial charge is 0.356 e. The minimum absolute atomic E-state index is 0.499. The Morgan fingerprint density at radius 3 is 2.33 bits per heavy atom. The van der Waals surface area contributed by atoms with Gasteiger partial charge in [-0.3, -0.25) is 4.99 Å². The molecular formula is C17H38N4. The van der Waals surface area contributed by atoms with Gasteiger partial charge in [0.05, 0.1) is 0 Å². The molecule has 0 amide bonds. The molecule has 0 aliphatic carbocycles. The SMILES string of the molecule is CCCCCC(C)NC(=NC)NCCCCN(CC)CC. The van der Waals surface area contributed by atoms with Gasteiger partial charge < -0.3 is 15.5 Å². The van der Waals surface area contributed by atoms with Gasteiger partial charge in [0.25, 0.3) is 0 Å². The van der Waals surface area contributed by atoms with Crippen LogP contribution in [0.15, 0.2) is 4.99 Å². The van der Waals surface area contributed by atoms with E-state index in [1.165, 1.54) is 45.1 Å². The smallest absolute Gasteiger partial charge is 0.191 e. The van der Waals surface area contributed by atoms with Crippen molar-refractivity contribution in [3.05, 3.63) is 0 Å².